The molecule has 0 fully saturated rings. The Bertz CT molecular complexity index is 291. The molecular weight excluding hydrogens is 324 g/mol. The first kappa shape index (κ1) is 25.4. The van der Waals surface area contributed by atoms with Gasteiger partial charge in [-0.25, -0.2) is 0 Å². The molecule has 0 aliphatic rings. The zero-order chi connectivity index (χ0) is 19.3. The van der Waals surface area contributed by atoms with Crippen LogP contribution in [-0.2, 0) is 9.53 Å². The molecule has 0 bridgehead atoms. The van der Waals surface area contributed by atoms with E-state index in [0.717, 1.165) is 25.7 Å². The van der Waals surface area contributed by atoms with Crippen LogP contribution in [0.2, 0.25) is 0 Å². The molecule has 0 aromatic rings. The van der Waals surface area contributed by atoms with Crippen molar-refractivity contribution in [1.82, 2.24) is 0 Å². The van der Waals surface area contributed by atoms with Crippen molar-refractivity contribution in [2.45, 2.75) is 135 Å². The normalized spacial score (nSPS) is 12.3. The van der Waals surface area contributed by atoms with Gasteiger partial charge in [0.25, 0.3) is 0 Å². The third-order valence-corrected chi connectivity index (χ3v) is 5.29. The molecule has 0 saturated carbocycles. The highest BCUT2D eigenvalue weighted by Gasteiger charge is 2.03. The van der Waals surface area contributed by atoms with E-state index in [1.807, 2.05) is 0 Å². The number of hydrogen-bond donors (Lipinski definition) is 1. The van der Waals surface area contributed by atoms with E-state index in [9.17, 15) is 9.90 Å². The lowest BCUT2D eigenvalue weighted by Gasteiger charge is -2.10. The molecule has 0 radical (unpaired) electrons. The highest BCUT2D eigenvalue weighted by Crippen LogP contribution is 2.15. The molecule has 3 heteroatoms. The van der Waals surface area contributed by atoms with E-state index in [2.05, 4.69) is 11.7 Å². The van der Waals surface area contributed by atoms with Crippen molar-refractivity contribution in [3.05, 3.63) is 0 Å². The van der Waals surface area contributed by atoms with Crippen LogP contribution >= 0.6 is 0 Å². The Morgan fingerprint density at radius 2 is 1.08 bits per heavy atom. The standard InChI is InChI=1S/C23H46O3/c1-3-4-5-16-19-22(24)20-17-14-12-10-8-6-7-9-11-13-15-18-21-23(25)26-2/h22,24H,3-21H2,1-2H3. The topological polar surface area (TPSA) is 46.5 Å². The van der Waals surface area contributed by atoms with Gasteiger partial charge in [-0.2, -0.15) is 0 Å². The van der Waals surface area contributed by atoms with E-state index in [4.69, 9.17) is 0 Å². The minimum Gasteiger partial charge on any atom is -0.469 e. The van der Waals surface area contributed by atoms with Crippen LogP contribution in [0.1, 0.15) is 129 Å². The van der Waals surface area contributed by atoms with Gasteiger partial charge in [-0.1, -0.05) is 103 Å². The summed E-state index contributed by atoms with van der Waals surface area (Å²) in [6.07, 6.45) is 22.8. The first-order valence-corrected chi connectivity index (χ1v) is 11.5. The molecular formula is C23H46O3. The lowest BCUT2D eigenvalue weighted by atomic mass is 10.0. The van der Waals surface area contributed by atoms with Crippen molar-refractivity contribution >= 4 is 5.97 Å². The number of aliphatic hydroxyl groups excluding tert-OH is 1. The molecule has 156 valence electrons. The minimum absolute atomic E-state index is 0.0560. The lowest BCUT2D eigenvalue weighted by molar-refractivity contribution is -0.140. The summed E-state index contributed by atoms with van der Waals surface area (Å²) in [5.41, 5.74) is 0. The van der Waals surface area contributed by atoms with Gasteiger partial charge in [0.2, 0.25) is 0 Å². The second kappa shape index (κ2) is 20.7. The monoisotopic (exact) mass is 370 g/mol. The summed E-state index contributed by atoms with van der Waals surface area (Å²) < 4.78 is 4.64. The van der Waals surface area contributed by atoms with Gasteiger partial charge in [0, 0.05) is 6.42 Å². The van der Waals surface area contributed by atoms with Crippen LogP contribution in [0.25, 0.3) is 0 Å². The number of ether oxygens (including phenoxy) is 1. The number of esters is 1. The molecule has 0 aliphatic carbocycles. The molecule has 1 N–H and O–H groups in total. The molecule has 0 aliphatic heterocycles. The Labute approximate surface area is 163 Å². The molecule has 1 unspecified atom stereocenters. The second-order valence-electron chi connectivity index (χ2n) is 7.86. The zero-order valence-corrected chi connectivity index (χ0v) is 17.8. The Balaban J connectivity index is 3.12. The molecule has 26 heavy (non-hydrogen) atoms. The van der Waals surface area contributed by atoms with Crippen molar-refractivity contribution in [1.29, 1.82) is 0 Å². The maximum atomic E-state index is 11.0. The maximum absolute atomic E-state index is 11.0. The first-order chi connectivity index (χ1) is 12.7. The van der Waals surface area contributed by atoms with Crippen molar-refractivity contribution < 1.29 is 14.6 Å². The van der Waals surface area contributed by atoms with Crippen LogP contribution < -0.4 is 0 Å². The maximum Gasteiger partial charge on any atom is 0.305 e. The van der Waals surface area contributed by atoms with Gasteiger partial charge in [-0.3, -0.25) is 4.79 Å². The summed E-state index contributed by atoms with van der Waals surface area (Å²) in [7, 11) is 1.46. The number of aliphatic hydroxyl groups is 1. The third kappa shape index (κ3) is 19.8. The van der Waals surface area contributed by atoms with Gasteiger partial charge in [0.05, 0.1) is 13.2 Å². The van der Waals surface area contributed by atoms with Crippen LogP contribution in [0.15, 0.2) is 0 Å². The summed E-state index contributed by atoms with van der Waals surface area (Å²) in [5.74, 6) is -0.0773. The smallest absolute Gasteiger partial charge is 0.305 e. The Morgan fingerprint density at radius 1 is 0.692 bits per heavy atom. The quantitative estimate of drug-likeness (QED) is 0.186. The van der Waals surface area contributed by atoms with Crippen molar-refractivity contribution in [2.75, 3.05) is 7.11 Å². The number of carbonyl (C=O) groups excluding carboxylic acids is 1. The third-order valence-electron chi connectivity index (χ3n) is 5.29. The van der Waals surface area contributed by atoms with E-state index in [1.165, 1.54) is 97.0 Å². The van der Waals surface area contributed by atoms with E-state index in [-0.39, 0.29) is 12.1 Å². The fraction of sp³-hybridized carbons (Fsp3) is 0.957. The predicted molar refractivity (Wildman–Crippen MR) is 111 cm³/mol. The lowest BCUT2D eigenvalue weighted by Crippen LogP contribution is -2.05. The molecule has 0 heterocycles. The van der Waals surface area contributed by atoms with Gasteiger partial charge < -0.3 is 9.84 Å². The van der Waals surface area contributed by atoms with Gasteiger partial charge in [0.15, 0.2) is 0 Å². The number of unbranched alkanes of at least 4 members (excludes halogenated alkanes) is 14. The van der Waals surface area contributed by atoms with Gasteiger partial charge in [-0.05, 0) is 19.3 Å². The average Bonchev–Trinajstić information content (AvgIpc) is 2.65. The Kier molecular flexibility index (Phi) is 20.3. The van der Waals surface area contributed by atoms with Gasteiger partial charge >= 0.3 is 5.97 Å². The van der Waals surface area contributed by atoms with E-state index < -0.39 is 0 Å². The molecule has 0 spiro atoms. The summed E-state index contributed by atoms with van der Waals surface area (Å²) in [4.78, 5) is 11.0. The molecule has 0 amide bonds. The minimum atomic E-state index is -0.0773. The number of carbonyl (C=O) groups is 1. The Hall–Kier alpha value is -0.570. The second-order valence-corrected chi connectivity index (χ2v) is 7.86. The summed E-state index contributed by atoms with van der Waals surface area (Å²) in [6, 6.07) is 0. The van der Waals surface area contributed by atoms with Crippen LogP contribution in [0.5, 0.6) is 0 Å². The van der Waals surface area contributed by atoms with Crippen molar-refractivity contribution in [2.24, 2.45) is 0 Å². The first-order valence-electron chi connectivity index (χ1n) is 11.5. The molecule has 3 nitrogen and oxygen atoms in total. The van der Waals surface area contributed by atoms with Crippen LogP contribution in [0, 0.1) is 0 Å². The molecule has 0 rings (SSSR count). The van der Waals surface area contributed by atoms with Crippen molar-refractivity contribution in [3.8, 4) is 0 Å². The largest absolute Gasteiger partial charge is 0.469 e. The summed E-state index contributed by atoms with van der Waals surface area (Å²) in [5, 5.41) is 9.94. The number of hydrogen-bond acceptors (Lipinski definition) is 3. The molecule has 1 atom stereocenters. The molecule has 0 aromatic heterocycles. The number of rotatable bonds is 20. The van der Waals surface area contributed by atoms with Crippen LogP contribution in [-0.4, -0.2) is 24.3 Å². The highest BCUT2D eigenvalue weighted by atomic mass is 16.5. The van der Waals surface area contributed by atoms with E-state index in [0.29, 0.717) is 6.42 Å². The average molecular weight is 371 g/mol. The predicted octanol–water partition coefficient (Wildman–Crippen LogP) is 6.95. The van der Waals surface area contributed by atoms with Gasteiger partial charge in [0.1, 0.15) is 0 Å². The van der Waals surface area contributed by atoms with Crippen LogP contribution in [0.3, 0.4) is 0 Å². The summed E-state index contributed by atoms with van der Waals surface area (Å²) >= 11 is 0. The zero-order valence-electron chi connectivity index (χ0n) is 17.8. The fourth-order valence-electron chi connectivity index (χ4n) is 3.47. The van der Waals surface area contributed by atoms with Gasteiger partial charge in [-0.15, -0.1) is 0 Å². The van der Waals surface area contributed by atoms with E-state index in [1.54, 1.807) is 0 Å². The molecule has 0 aromatic carbocycles. The fourth-order valence-corrected chi connectivity index (χ4v) is 3.47. The molecule has 0 saturated heterocycles. The summed E-state index contributed by atoms with van der Waals surface area (Å²) in [6.45, 7) is 2.23. The number of methoxy groups -OCH3 is 1. The SMILES string of the molecule is CCCCCCC(O)CCCCCCCCCCCCCCC(=O)OC. The van der Waals surface area contributed by atoms with E-state index >= 15 is 0 Å². The van der Waals surface area contributed by atoms with Crippen LogP contribution in [0.4, 0.5) is 0 Å². The highest BCUT2D eigenvalue weighted by molar-refractivity contribution is 5.68. The van der Waals surface area contributed by atoms with Crippen molar-refractivity contribution in [3.63, 3.8) is 0 Å². The Morgan fingerprint density at radius 3 is 1.50 bits per heavy atom.